The van der Waals surface area contributed by atoms with Gasteiger partial charge in [0.1, 0.15) is 5.82 Å². The molecule has 0 unspecified atom stereocenters. The van der Waals surface area contributed by atoms with Crippen molar-refractivity contribution in [3.05, 3.63) is 32.6 Å². The molecule has 1 rings (SSSR count). The van der Waals surface area contributed by atoms with Crippen LogP contribution < -0.4 is 0 Å². The Kier molecular flexibility index (Phi) is 3.13. The van der Waals surface area contributed by atoms with Crippen LogP contribution in [0.2, 0.25) is 0 Å². The van der Waals surface area contributed by atoms with Crippen LogP contribution in [0.4, 0.5) is 4.39 Å². The first-order valence-electron chi connectivity index (χ1n) is 3.52. The van der Waals surface area contributed by atoms with Crippen molar-refractivity contribution in [2.24, 2.45) is 0 Å². The molecule has 0 amide bonds. The molecule has 0 heterocycles. The fourth-order valence-electron chi connectivity index (χ4n) is 1.02. The molecule has 2 nitrogen and oxygen atoms in total. The Morgan fingerprint density at radius 1 is 1.54 bits per heavy atom. The molecule has 1 aromatic carbocycles. The molecule has 4 heteroatoms. The highest BCUT2D eigenvalue weighted by atomic mass is 127. The van der Waals surface area contributed by atoms with Crippen LogP contribution in [-0.2, 0) is 0 Å². The van der Waals surface area contributed by atoms with Crippen LogP contribution in [-0.4, -0.2) is 12.1 Å². The van der Waals surface area contributed by atoms with E-state index in [9.17, 15) is 14.0 Å². The SMILES string of the molecule is CC(=O)c1c(C=O)ccc(I)c1F. The van der Waals surface area contributed by atoms with Gasteiger partial charge < -0.3 is 0 Å². The number of halogens is 2. The quantitative estimate of drug-likeness (QED) is 0.476. The van der Waals surface area contributed by atoms with Crippen molar-refractivity contribution in [1.82, 2.24) is 0 Å². The number of ketones is 1. The minimum absolute atomic E-state index is 0.102. The monoisotopic (exact) mass is 292 g/mol. The second-order valence-corrected chi connectivity index (χ2v) is 3.66. The van der Waals surface area contributed by atoms with Crippen molar-refractivity contribution in [3.63, 3.8) is 0 Å². The van der Waals surface area contributed by atoms with Gasteiger partial charge in [0.15, 0.2) is 12.1 Å². The summed E-state index contributed by atoms with van der Waals surface area (Å²) < 4.78 is 13.7. The van der Waals surface area contributed by atoms with Gasteiger partial charge in [-0.25, -0.2) is 4.39 Å². The average molecular weight is 292 g/mol. The van der Waals surface area contributed by atoms with Gasteiger partial charge in [-0.1, -0.05) is 0 Å². The predicted octanol–water partition coefficient (Wildman–Crippen LogP) is 2.45. The molecule has 0 spiro atoms. The van der Waals surface area contributed by atoms with E-state index in [1.807, 2.05) is 0 Å². The van der Waals surface area contributed by atoms with Crippen molar-refractivity contribution in [3.8, 4) is 0 Å². The van der Waals surface area contributed by atoms with E-state index in [1.165, 1.54) is 19.1 Å². The molecule has 0 saturated carbocycles. The average Bonchev–Trinajstić information content (AvgIpc) is 2.08. The molecule has 0 saturated heterocycles. The Morgan fingerprint density at radius 3 is 2.62 bits per heavy atom. The van der Waals surface area contributed by atoms with Crippen molar-refractivity contribution in [1.29, 1.82) is 0 Å². The normalized spacial score (nSPS) is 9.77. The lowest BCUT2D eigenvalue weighted by Crippen LogP contribution is -2.04. The number of benzene rings is 1. The van der Waals surface area contributed by atoms with Gasteiger partial charge in [-0.3, -0.25) is 9.59 Å². The minimum atomic E-state index is -0.613. The molecular weight excluding hydrogens is 286 g/mol. The lowest BCUT2D eigenvalue weighted by Gasteiger charge is -2.03. The summed E-state index contributed by atoms with van der Waals surface area (Å²) >= 11 is 1.77. The zero-order valence-corrected chi connectivity index (χ0v) is 8.96. The summed E-state index contributed by atoms with van der Waals surface area (Å²) in [5.41, 5.74) is -0.0210. The second kappa shape index (κ2) is 3.95. The number of rotatable bonds is 2. The summed E-state index contributed by atoms with van der Waals surface area (Å²) in [5, 5.41) is 0. The molecule has 68 valence electrons. The van der Waals surface area contributed by atoms with Gasteiger partial charge in [0, 0.05) is 9.13 Å². The Hall–Kier alpha value is -0.780. The largest absolute Gasteiger partial charge is 0.298 e. The maximum atomic E-state index is 13.3. The van der Waals surface area contributed by atoms with Crippen molar-refractivity contribution < 1.29 is 14.0 Å². The fourth-order valence-corrected chi connectivity index (χ4v) is 1.47. The van der Waals surface area contributed by atoms with Crippen LogP contribution >= 0.6 is 22.6 Å². The van der Waals surface area contributed by atoms with Crippen molar-refractivity contribution >= 4 is 34.7 Å². The highest BCUT2D eigenvalue weighted by molar-refractivity contribution is 14.1. The number of carbonyl (C=O) groups excluding carboxylic acids is 2. The van der Waals surface area contributed by atoms with Crippen LogP contribution in [0.3, 0.4) is 0 Å². The fraction of sp³-hybridized carbons (Fsp3) is 0.111. The summed E-state index contributed by atoms with van der Waals surface area (Å²) in [6, 6.07) is 2.90. The van der Waals surface area contributed by atoms with Crippen LogP contribution in [0.15, 0.2) is 12.1 Å². The van der Waals surface area contributed by atoms with Gasteiger partial charge in [0.25, 0.3) is 0 Å². The van der Waals surface area contributed by atoms with Gasteiger partial charge in [-0.2, -0.15) is 0 Å². The third-order valence-corrected chi connectivity index (χ3v) is 2.44. The van der Waals surface area contributed by atoms with E-state index in [2.05, 4.69) is 0 Å². The highest BCUT2D eigenvalue weighted by Crippen LogP contribution is 2.18. The maximum Gasteiger partial charge on any atom is 0.163 e. The van der Waals surface area contributed by atoms with Crippen LogP contribution in [0.1, 0.15) is 27.6 Å². The smallest absolute Gasteiger partial charge is 0.163 e. The minimum Gasteiger partial charge on any atom is -0.298 e. The molecule has 0 aliphatic carbocycles. The van der Waals surface area contributed by atoms with E-state index in [4.69, 9.17) is 0 Å². The zero-order chi connectivity index (χ0) is 10.0. The first kappa shape index (κ1) is 10.3. The molecule has 0 N–H and O–H groups in total. The summed E-state index contributed by atoms with van der Waals surface area (Å²) in [6.45, 7) is 1.24. The van der Waals surface area contributed by atoms with Gasteiger partial charge in [0.05, 0.1) is 5.56 Å². The van der Waals surface area contributed by atoms with Crippen LogP contribution in [0.25, 0.3) is 0 Å². The number of aldehydes is 1. The molecule has 0 fully saturated rings. The Balaban J connectivity index is 3.50. The first-order valence-corrected chi connectivity index (χ1v) is 4.60. The van der Waals surface area contributed by atoms with Crippen LogP contribution in [0, 0.1) is 9.39 Å². The summed E-state index contributed by atoms with van der Waals surface area (Å²) in [6.07, 6.45) is 0.482. The molecular formula is C9H6FIO2. The van der Waals surface area contributed by atoms with E-state index >= 15 is 0 Å². The lowest BCUT2D eigenvalue weighted by molar-refractivity contribution is 0.100. The predicted molar refractivity (Wildman–Crippen MR) is 54.5 cm³/mol. The van der Waals surface area contributed by atoms with E-state index in [-0.39, 0.29) is 11.1 Å². The molecule has 13 heavy (non-hydrogen) atoms. The molecule has 0 bridgehead atoms. The van der Waals surface area contributed by atoms with Gasteiger partial charge in [-0.15, -0.1) is 0 Å². The number of hydrogen-bond acceptors (Lipinski definition) is 2. The van der Waals surface area contributed by atoms with Crippen molar-refractivity contribution in [2.45, 2.75) is 6.92 Å². The van der Waals surface area contributed by atoms with Crippen molar-refractivity contribution in [2.75, 3.05) is 0 Å². The maximum absolute atomic E-state index is 13.3. The highest BCUT2D eigenvalue weighted by Gasteiger charge is 2.14. The summed E-state index contributed by atoms with van der Waals surface area (Å²) in [7, 11) is 0. The van der Waals surface area contributed by atoms with E-state index < -0.39 is 11.6 Å². The van der Waals surface area contributed by atoms with Crippen LogP contribution in [0.5, 0.6) is 0 Å². The lowest BCUT2D eigenvalue weighted by atomic mass is 10.1. The molecule has 1 aromatic rings. The first-order chi connectivity index (χ1) is 6.07. The van der Waals surface area contributed by atoms with Gasteiger partial charge in [-0.05, 0) is 41.6 Å². The molecule has 0 aromatic heterocycles. The third-order valence-electron chi connectivity index (χ3n) is 1.61. The Bertz CT molecular complexity index is 374. The van der Waals surface area contributed by atoms with E-state index in [0.29, 0.717) is 9.86 Å². The third kappa shape index (κ3) is 1.93. The standard InChI is InChI=1S/C9H6FIO2/c1-5(13)8-6(4-12)2-3-7(11)9(8)10/h2-4H,1H3. The number of hydrogen-bond donors (Lipinski definition) is 0. The zero-order valence-electron chi connectivity index (χ0n) is 6.80. The van der Waals surface area contributed by atoms with Gasteiger partial charge >= 0.3 is 0 Å². The number of Topliss-reactive ketones (excluding diaryl/α,β-unsaturated/α-hetero) is 1. The topological polar surface area (TPSA) is 34.1 Å². The van der Waals surface area contributed by atoms with E-state index in [0.717, 1.165) is 0 Å². The molecule has 0 atom stereocenters. The Morgan fingerprint density at radius 2 is 2.15 bits per heavy atom. The second-order valence-electron chi connectivity index (χ2n) is 2.50. The van der Waals surface area contributed by atoms with Gasteiger partial charge in [0.2, 0.25) is 0 Å². The molecule has 0 aliphatic rings. The van der Waals surface area contributed by atoms with E-state index in [1.54, 1.807) is 22.6 Å². The molecule has 0 radical (unpaired) electrons. The Labute approximate surface area is 88.3 Å². The number of carbonyl (C=O) groups is 2. The molecule has 0 aliphatic heterocycles. The summed E-state index contributed by atoms with van der Waals surface area (Å²) in [5.74, 6) is -1.05. The summed E-state index contributed by atoms with van der Waals surface area (Å²) in [4.78, 5) is 21.5.